The third kappa shape index (κ3) is 4.56. The summed E-state index contributed by atoms with van der Waals surface area (Å²) in [5, 5.41) is 0. The molecule has 2 aliphatic heterocycles. The van der Waals surface area contributed by atoms with Gasteiger partial charge in [-0.3, -0.25) is 4.79 Å². The Morgan fingerprint density at radius 1 is 1.13 bits per heavy atom. The molecule has 1 atom stereocenters. The molecule has 10 heteroatoms. The molecule has 0 saturated carbocycles. The van der Waals surface area contributed by atoms with Gasteiger partial charge < -0.3 is 24.0 Å². The Bertz CT molecular complexity index is 868. The molecule has 2 fully saturated rings. The van der Waals surface area contributed by atoms with Crippen molar-refractivity contribution in [2.45, 2.75) is 23.8 Å². The van der Waals surface area contributed by atoms with Crippen molar-refractivity contribution in [2.75, 3.05) is 67.7 Å². The van der Waals surface area contributed by atoms with E-state index < -0.39 is 10.0 Å². The number of carbonyl (C=O) groups is 1. The number of nitrogens with zero attached hydrogens (tertiary/aromatic N) is 3. The van der Waals surface area contributed by atoms with Crippen molar-refractivity contribution in [3.63, 3.8) is 0 Å². The highest BCUT2D eigenvalue weighted by Crippen LogP contribution is 2.36. The number of hydrogen-bond acceptors (Lipinski definition) is 7. The Hall–Kier alpha value is -1.88. The van der Waals surface area contributed by atoms with Gasteiger partial charge in [-0.05, 0) is 33.0 Å². The zero-order valence-electron chi connectivity index (χ0n) is 18.1. The molecular weight excluding hydrogens is 410 g/mol. The number of rotatable bonds is 6. The number of hydrogen-bond donors (Lipinski definition) is 0. The molecule has 9 nitrogen and oxygen atoms in total. The summed E-state index contributed by atoms with van der Waals surface area (Å²) in [5.74, 6) is 0.211. The van der Waals surface area contributed by atoms with Crippen LogP contribution in [-0.2, 0) is 14.8 Å². The number of likely N-dealkylation sites (N-methyl/N-ethyl adjacent to an activating group) is 1. The summed E-state index contributed by atoms with van der Waals surface area (Å²) < 4.78 is 43.9. The summed E-state index contributed by atoms with van der Waals surface area (Å²) >= 11 is 0. The van der Waals surface area contributed by atoms with Gasteiger partial charge in [0.25, 0.3) is 5.91 Å². The first-order chi connectivity index (χ1) is 14.3. The van der Waals surface area contributed by atoms with E-state index >= 15 is 0 Å². The maximum absolute atomic E-state index is 13.4. The van der Waals surface area contributed by atoms with Crippen molar-refractivity contribution in [3.8, 4) is 11.5 Å². The highest BCUT2D eigenvalue weighted by atomic mass is 32.2. The molecule has 0 spiro atoms. The third-order valence-corrected chi connectivity index (χ3v) is 7.58. The average molecular weight is 442 g/mol. The second kappa shape index (κ2) is 9.51. The molecule has 30 heavy (non-hydrogen) atoms. The molecule has 1 unspecified atom stereocenters. The van der Waals surface area contributed by atoms with E-state index in [1.165, 1.54) is 30.7 Å². The topological polar surface area (TPSA) is 88.6 Å². The molecule has 0 N–H and O–H groups in total. The highest BCUT2D eigenvalue weighted by molar-refractivity contribution is 7.89. The normalized spacial score (nSPS) is 21.0. The predicted octanol–water partition coefficient (Wildman–Crippen LogP) is 0.891. The summed E-state index contributed by atoms with van der Waals surface area (Å²) in [6.07, 6.45) is 1.91. The Morgan fingerprint density at radius 2 is 1.83 bits per heavy atom. The number of amides is 1. The average Bonchev–Trinajstić information content (AvgIpc) is 2.78. The van der Waals surface area contributed by atoms with E-state index in [0.717, 1.165) is 12.8 Å². The minimum atomic E-state index is -3.79. The number of piperidine rings is 1. The van der Waals surface area contributed by atoms with Crippen molar-refractivity contribution in [3.05, 3.63) is 17.7 Å². The third-order valence-electron chi connectivity index (χ3n) is 5.70. The quantitative estimate of drug-likeness (QED) is 0.648. The Labute approximate surface area is 178 Å². The minimum Gasteiger partial charge on any atom is -0.493 e. The lowest BCUT2D eigenvalue weighted by molar-refractivity contribution is 0.0630. The van der Waals surface area contributed by atoms with E-state index in [1.54, 1.807) is 4.90 Å². The molecule has 0 radical (unpaired) electrons. The summed E-state index contributed by atoms with van der Waals surface area (Å²) in [4.78, 5) is 17.3. The molecule has 3 rings (SSSR count). The van der Waals surface area contributed by atoms with Crippen LogP contribution in [0.4, 0.5) is 0 Å². The van der Waals surface area contributed by atoms with E-state index in [0.29, 0.717) is 26.3 Å². The van der Waals surface area contributed by atoms with E-state index in [-0.39, 0.29) is 47.0 Å². The number of morpholine rings is 1. The smallest absolute Gasteiger partial charge is 0.257 e. The molecule has 2 heterocycles. The Kier molecular flexibility index (Phi) is 7.22. The van der Waals surface area contributed by atoms with Gasteiger partial charge in [0.05, 0.1) is 37.9 Å². The fourth-order valence-electron chi connectivity index (χ4n) is 3.91. The maximum Gasteiger partial charge on any atom is 0.257 e. The molecular formula is C20H31N3O6S. The van der Waals surface area contributed by atoms with Gasteiger partial charge in [-0.2, -0.15) is 4.31 Å². The molecule has 0 aromatic heterocycles. The zero-order valence-corrected chi connectivity index (χ0v) is 18.9. The van der Waals surface area contributed by atoms with E-state index in [1.807, 2.05) is 14.1 Å². The first-order valence-electron chi connectivity index (χ1n) is 10.1. The Balaban J connectivity index is 2.00. The SMILES string of the molecule is COc1cc(S(=O)(=O)N2CCOCC2)cc(C(=O)N2CCCC(N(C)C)C2)c1OC. The van der Waals surface area contributed by atoms with Gasteiger partial charge in [0.2, 0.25) is 10.0 Å². The molecule has 1 aromatic rings. The largest absolute Gasteiger partial charge is 0.493 e. The number of methoxy groups -OCH3 is 2. The van der Waals surface area contributed by atoms with Crippen LogP contribution in [0.2, 0.25) is 0 Å². The lowest BCUT2D eigenvalue weighted by atomic mass is 10.0. The van der Waals surface area contributed by atoms with Crippen LogP contribution in [0.1, 0.15) is 23.2 Å². The Morgan fingerprint density at radius 3 is 2.43 bits per heavy atom. The van der Waals surface area contributed by atoms with E-state index in [2.05, 4.69) is 4.90 Å². The summed E-state index contributed by atoms with van der Waals surface area (Å²) in [5.41, 5.74) is 0.197. The van der Waals surface area contributed by atoms with Gasteiger partial charge in [0, 0.05) is 38.3 Å². The molecule has 1 aromatic carbocycles. The molecule has 2 saturated heterocycles. The minimum absolute atomic E-state index is 0.0200. The van der Waals surface area contributed by atoms with Crippen molar-refractivity contribution in [1.82, 2.24) is 14.1 Å². The lowest BCUT2D eigenvalue weighted by Crippen LogP contribution is -2.47. The molecule has 0 aliphatic carbocycles. The van der Waals surface area contributed by atoms with Crippen LogP contribution in [-0.4, -0.2) is 102 Å². The van der Waals surface area contributed by atoms with Crippen LogP contribution in [0.25, 0.3) is 0 Å². The molecule has 0 bridgehead atoms. The van der Waals surface area contributed by atoms with Crippen molar-refractivity contribution in [2.24, 2.45) is 0 Å². The summed E-state index contributed by atoms with van der Waals surface area (Å²) in [6.45, 7) is 2.44. The van der Waals surface area contributed by atoms with Crippen molar-refractivity contribution >= 4 is 15.9 Å². The highest BCUT2D eigenvalue weighted by Gasteiger charge is 2.32. The van der Waals surface area contributed by atoms with E-state index in [9.17, 15) is 13.2 Å². The van der Waals surface area contributed by atoms with Gasteiger partial charge >= 0.3 is 0 Å². The second-order valence-corrected chi connectivity index (χ2v) is 9.67. The summed E-state index contributed by atoms with van der Waals surface area (Å²) in [7, 11) is 3.08. The summed E-state index contributed by atoms with van der Waals surface area (Å²) in [6, 6.07) is 3.09. The molecule has 168 valence electrons. The van der Waals surface area contributed by atoms with Crippen molar-refractivity contribution < 1.29 is 27.4 Å². The lowest BCUT2D eigenvalue weighted by Gasteiger charge is -2.36. The zero-order chi connectivity index (χ0) is 21.9. The fraction of sp³-hybridized carbons (Fsp3) is 0.650. The molecule has 1 amide bonds. The predicted molar refractivity (Wildman–Crippen MR) is 112 cm³/mol. The number of ether oxygens (including phenoxy) is 3. The monoisotopic (exact) mass is 441 g/mol. The van der Waals surface area contributed by atoms with Crippen molar-refractivity contribution in [1.29, 1.82) is 0 Å². The number of benzene rings is 1. The van der Waals surface area contributed by atoms with Crippen LogP contribution in [0.3, 0.4) is 0 Å². The van der Waals surface area contributed by atoms with Crippen LogP contribution in [0.15, 0.2) is 17.0 Å². The van der Waals surface area contributed by atoms with Gasteiger partial charge in [-0.25, -0.2) is 8.42 Å². The second-order valence-electron chi connectivity index (χ2n) is 7.73. The van der Waals surface area contributed by atoms with Gasteiger partial charge in [-0.15, -0.1) is 0 Å². The number of sulfonamides is 1. The van der Waals surface area contributed by atoms with Crippen LogP contribution >= 0.6 is 0 Å². The van der Waals surface area contributed by atoms with Gasteiger partial charge in [0.1, 0.15) is 0 Å². The van der Waals surface area contributed by atoms with Crippen LogP contribution in [0.5, 0.6) is 11.5 Å². The van der Waals surface area contributed by atoms with Crippen LogP contribution in [0, 0.1) is 0 Å². The first kappa shape index (κ1) is 22.8. The molecule has 2 aliphatic rings. The van der Waals surface area contributed by atoms with Gasteiger partial charge in [0.15, 0.2) is 11.5 Å². The first-order valence-corrected chi connectivity index (χ1v) is 11.5. The van der Waals surface area contributed by atoms with Crippen LogP contribution < -0.4 is 9.47 Å². The van der Waals surface area contributed by atoms with E-state index in [4.69, 9.17) is 14.2 Å². The van der Waals surface area contributed by atoms with Gasteiger partial charge in [-0.1, -0.05) is 0 Å². The maximum atomic E-state index is 13.4. The standard InChI is InChI=1S/C20H31N3O6S/c1-21(2)15-6-5-7-22(14-15)20(24)17-12-16(13-18(27-3)19(17)28-4)30(25,26)23-8-10-29-11-9-23/h12-13,15H,5-11,14H2,1-4H3. The number of likely N-dealkylation sites (tertiary alicyclic amines) is 1. The fourth-order valence-corrected chi connectivity index (χ4v) is 5.36. The number of carbonyl (C=O) groups excluding carboxylic acids is 1.